The number of aromatic nitrogens is 3. The van der Waals surface area contributed by atoms with Gasteiger partial charge in [-0.05, 0) is 48.2 Å². The lowest BCUT2D eigenvalue weighted by atomic mass is 10.1. The molecule has 3 nitrogen and oxygen atoms in total. The Morgan fingerprint density at radius 3 is 2.80 bits per heavy atom. The Balaban J connectivity index is 2.12. The highest BCUT2D eigenvalue weighted by molar-refractivity contribution is 6.28. The highest BCUT2D eigenvalue weighted by Gasteiger charge is 2.07. The summed E-state index contributed by atoms with van der Waals surface area (Å²) in [6.07, 6.45) is 1.92. The quantitative estimate of drug-likeness (QED) is 0.467. The molecule has 3 aromatic rings. The summed E-state index contributed by atoms with van der Waals surface area (Å²) in [4.78, 5) is 8.43. The van der Waals surface area contributed by atoms with E-state index < -0.39 is 0 Å². The molecule has 0 atom stereocenters. The van der Waals surface area contributed by atoms with Crippen molar-refractivity contribution in [3.63, 3.8) is 0 Å². The second-order valence-electron chi connectivity index (χ2n) is 4.62. The average molecular weight is 282 g/mol. The Kier molecular flexibility index (Phi) is 3.17. The molecular formula is C16H12ClN3. The summed E-state index contributed by atoms with van der Waals surface area (Å²) >= 11 is 5.96. The van der Waals surface area contributed by atoms with Crippen LogP contribution in [-0.2, 0) is 7.05 Å². The Bertz CT molecular complexity index is 853. The second-order valence-corrected chi connectivity index (χ2v) is 4.96. The lowest BCUT2D eigenvalue weighted by Gasteiger charge is -1.98. The van der Waals surface area contributed by atoms with E-state index in [9.17, 15) is 0 Å². The molecule has 0 radical (unpaired) electrons. The van der Waals surface area contributed by atoms with E-state index in [0.717, 1.165) is 16.6 Å². The maximum Gasteiger partial charge on any atom is 0.225 e. The van der Waals surface area contributed by atoms with Gasteiger partial charge in [0.05, 0.1) is 5.39 Å². The molecule has 1 aromatic carbocycles. The van der Waals surface area contributed by atoms with Crippen LogP contribution in [0.3, 0.4) is 0 Å². The monoisotopic (exact) mass is 281 g/mol. The maximum absolute atomic E-state index is 5.96. The fourth-order valence-electron chi connectivity index (χ4n) is 2.06. The van der Waals surface area contributed by atoms with Crippen LogP contribution in [0.15, 0.2) is 36.5 Å². The molecule has 0 fully saturated rings. The minimum absolute atomic E-state index is 0.216. The molecule has 0 spiro atoms. The van der Waals surface area contributed by atoms with E-state index in [1.54, 1.807) is 0 Å². The van der Waals surface area contributed by atoms with Gasteiger partial charge in [-0.1, -0.05) is 18.1 Å². The van der Waals surface area contributed by atoms with E-state index in [1.165, 1.54) is 5.56 Å². The van der Waals surface area contributed by atoms with Crippen molar-refractivity contribution in [3.8, 4) is 11.8 Å². The van der Waals surface area contributed by atoms with Crippen molar-refractivity contribution in [1.29, 1.82) is 0 Å². The van der Waals surface area contributed by atoms with Crippen LogP contribution in [0.1, 0.15) is 16.8 Å². The number of fused-ring (bicyclic) bond motifs is 1. The first kappa shape index (κ1) is 12.7. The number of nitrogens with zero attached hydrogens (tertiary/aromatic N) is 3. The van der Waals surface area contributed by atoms with Gasteiger partial charge in [0.2, 0.25) is 5.28 Å². The highest BCUT2D eigenvalue weighted by Crippen LogP contribution is 2.17. The van der Waals surface area contributed by atoms with E-state index in [4.69, 9.17) is 11.6 Å². The van der Waals surface area contributed by atoms with Crippen molar-refractivity contribution in [2.45, 2.75) is 6.92 Å². The van der Waals surface area contributed by atoms with Gasteiger partial charge in [0.25, 0.3) is 0 Å². The summed E-state index contributed by atoms with van der Waals surface area (Å²) in [5.41, 5.74) is 3.59. The van der Waals surface area contributed by atoms with Gasteiger partial charge in [-0.25, -0.2) is 4.98 Å². The molecule has 0 saturated heterocycles. The molecule has 0 N–H and O–H groups in total. The van der Waals surface area contributed by atoms with Gasteiger partial charge in [0.15, 0.2) is 0 Å². The first-order valence-electron chi connectivity index (χ1n) is 6.21. The molecule has 0 unspecified atom stereocenters. The van der Waals surface area contributed by atoms with Crippen molar-refractivity contribution >= 4 is 22.6 Å². The van der Waals surface area contributed by atoms with Crippen LogP contribution in [0, 0.1) is 18.8 Å². The molecule has 20 heavy (non-hydrogen) atoms. The van der Waals surface area contributed by atoms with Crippen LogP contribution in [0.4, 0.5) is 0 Å². The first-order valence-corrected chi connectivity index (χ1v) is 6.58. The van der Waals surface area contributed by atoms with Gasteiger partial charge < -0.3 is 4.57 Å². The molecule has 3 rings (SSSR count). The minimum atomic E-state index is 0.216. The molecule has 2 aromatic heterocycles. The predicted octanol–water partition coefficient (Wildman–Crippen LogP) is 3.33. The molecule has 0 saturated carbocycles. The molecule has 4 heteroatoms. The largest absolute Gasteiger partial charge is 0.335 e. The number of aryl methyl sites for hydroxylation is 2. The van der Waals surface area contributed by atoms with Crippen molar-refractivity contribution in [2.24, 2.45) is 7.05 Å². The molecular weight excluding hydrogens is 270 g/mol. The number of benzene rings is 1. The molecule has 98 valence electrons. The lowest BCUT2D eigenvalue weighted by Crippen LogP contribution is -1.93. The van der Waals surface area contributed by atoms with Crippen LogP contribution < -0.4 is 0 Å². The van der Waals surface area contributed by atoms with Gasteiger partial charge in [-0.2, -0.15) is 4.98 Å². The van der Waals surface area contributed by atoms with E-state index in [2.05, 4.69) is 21.8 Å². The molecule has 0 bridgehead atoms. The molecule has 0 aliphatic heterocycles. The van der Waals surface area contributed by atoms with Crippen molar-refractivity contribution < 1.29 is 0 Å². The van der Waals surface area contributed by atoms with Crippen LogP contribution >= 0.6 is 11.6 Å². The van der Waals surface area contributed by atoms with Crippen molar-refractivity contribution in [3.05, 3.63) is 58.6 Å². The third-order valence-electron chi connectivity index (χ3n) is 3.04. The number of rotatable bonds is 0. The van der Waals surface area contributed by atoms with Crippen molar-refractivity contribution in [1.82, 2.24) is 14.5 Å². The van der Waals surface area contributed by atoms with Gasteiger partial charge in [-0.3, -0.25) is 0 Å². The summed E-state index contributed by atoms with van der Waals surface area (Å²) in [5.74, 6) is 6.21. The maximum atomic E-state index is 5.96. The van der Waals surface area contributed by atoms with Gasteiger partial charge >= 0.3 is 0 Å². The Hall–Kier alpha value is -2.31. The summed E-state index contributed by atoms with van der Waals surface area (Å²) in [6, 6.07) is 10.0. The van der Waals surface area contributed by atoms with Crippen LogP contribution in [-0.4, -0.2) is 14.5 Å². The fraction of sp³-hybridized carbons (Fsp3) is 0.125. The summed E-state index contributed by atoms with van der Waals surface area (Å²) in [7, 11) is 1.92. The summed E-state index contributed by atoms with van der Waals surface area (Å²) < 4.78 is 1.90. The smallest absolute Gasteiger partial charge is 0.225 e. The lowest BCUT2D eigenvalue weighted by molar-refractivity contribution is 0.943. The molecule has 0 amide bonds. The number of hydrogen-bond acceptors (Lipinski definition) is 2. The first-order chi connectivity index (χ1) is 9.63. The third-order valence-corrected chi connectivity index (χ3v) is 3.21. The zero-order chi connectivity index (χ0) is 14.1. The molecule has 2 heterocycles. The molecule has 0 aliphatic carbocycles. The predicted molar refractivity (Wildman–Crippen MR) is 80.7 cm³/mol. The Morgan fingerprint density at radius 1 is 1.15 bits per heavy atom. The minimum Gasteiger partial charge on any atom is -0.335 e. The Morgan fingerprint density at radius 2 is 2.00 bits per heavy atom. The van der Waals surface area contributed by atoms with Gasteiger partial charge in [-0.15, -0.1) is 0 Å². The molecule has 0 aliphatic rings. The average Bonchev–Trinajstić information content (AvgIpc) is 2.78. The summed E-state index contributed by atoms with van der Waals surface area (Å²) in [6.45, 7) is 2.04. The third kappa shape index (κ3) is 2.38. The van der Waals surface area contributed by atoms with Crippen LogP contribution in [0.2, 0.25) is 5.28 Å². The van der Waals surface area contributed by atoms with E-state index in [-0.39, 0.29) is 5.28 Å². The van der Waals surface area contributed by atoms with Crippen LogP contribution in [0.25, 0.3) is 11.0 Å². The topological polar surface area (TPSA) is 30.7 Å². The zero-order valence-electron chi connectivity index (χ0n) is 11.2. The van der Waals surface area contributed by atoms with E-state index in [1.807, 2.05) is 55.1 Å². The summed E-state index contributed by atoms with van der Waals surface area (Å²) in [5, 5.41) is 1.13. The number of halogens is 1. The van der Waals surface area contributed by atoms with Crippen molar-refractivity contribution in [2.75, 3.05) is 0 Å². The number of hydrogen-bond donors (Lipinski definition) is 0. The van der Waals surface area contributed by atoms with Gasteiger partial charge in [0.1, 0.15) is 11.3 Å². The SMILES string of the molecule is Cc1cccc(C#Cc2nc(Cl)nc3c2ccn3C)c1. The van der Waals surface area contributed by atoms with E-state index >= 15 is 0 Å². The van der Waals surface area contributed by atoms with Gasteiger partial charge in [0, 0.05) is 18.8 Å². The normalized spacial score (nSPS) is 10.3. The standard InChI is InChI=1S/C16H12ClN3/c1-11-4-3-5-12(10-11)6-7-14-13-8-9-20(2)15(13)19-16(17)18-14/h3-5,8-10H,1-2H3. The van der Waals surface area contributed by atoms with Crippen LogP contribution in [0.5, 0.6) is 0 Å². The fourth-order valence-corrected chi connectivity index (χ4v) is 2.22. The highest BCUT2D eigenvalue weighted by atomic mass is 35.5. The van der Waals surface area contributed by atoms with E-state index in [0.29, 0.717) is 5.69 Å². The Labute approximate surface area is 122 Å². The zero-order valence-corrected chi connectivity index (χ0v) is 11.9. The second kappa shape index (κ2) is 4.99.